The van der Waals surface area contributed by atoms with Crippen LogP contribution in [0.3, 0.4) is 0 Å². The first-order valence-corrected chi connectivity index (χ1v) is 7.17. The fourth-order valence-electron chi connectivity index (χ4n) is 2.43. The van der Waals surface area contributed by atoms with Crippen LogP contribution in [0.4, 0.5) is 10.7 Å². The van der Waals surface area contributed by atoms with Crippen molar-refractivity contribution in [2.75, 3.05) is 18.0 Å². The highest BCUT2D eigenvalue weighted by molar-refractivity contribution is 9.10. The summed E-state index contributed by atoms with van der Waals surface area (Å²) < 4.78 is 2.65. The number of carboxylic acid groups (broad SMARTS) is 1. The smallest absolute Gasteiger partial charge is 0.404 e. The van der Waals surface area contributed by atoms with Crippen LogP contribution in [0, 0.1) is 0 Å². The zero-order valence-electron chi connectivity index (χ0n) is 10.7. The Kier molecular flexibility index (Phi) is 3.47. The van der Waals surface area contributed by atoms with Gasteiger partial charge in [-0.3, -0.25) is 0 Å². The van der Waals surface area contributed by atoms with Crippen LogP contribution in [0.25, 0.3) is 5.65 Å². The summed E-state index contributed by atoms with van der Waals surface area (Å²) in [4.78, 5) is 17.2. The lowest BCUT2D eigenvalue weighted by atomic mass is 10.1. The SMILES string of the molecule is O=C(O)N[C@@H]1CCCN(c2nc3ccc(Br)cn3n2)C1. The fraction of sp³-hybridized carbons (Fsp3) is 0.417. The number of carbonyl (C=O) groups is 1. The van der Waals surface area contributed by atoms with Gasteiger partial charge in [-0.05, 0) is 40.9 Å². The van der Waals surface area contributed by atoms with E-state index in [0.29, 0.717) is 12.5 Å². The van der Waals surface area contributed by atoms with Crippen LogP contribution in [-0.2, 0) is 0 Å². The molecule has 0 spiro atoms. The van der Waals surface area contributed by atoms with E-state index in [1.54, 1.807) is 4.52 Å². The molecule has 8 heteroatoms. The first-order chi connectivity index (χ1) is 9.61. The van der Waals surface area contributed by atoms with E-state index in [1.165, 1.54) is 0 Å². The van der Waals surface area contributed by atoms with Crippen LogP contribution < -0.4 is 10.2 Å². The molecule has 1 amide bonds. The average Bonchev–Trinajstić information content (AvgIpc) is 2.81. The first-order valence-electron chi connectivity index (χ1n) is 6.38. The molecule has 3 rings (SSSR count). The normalized spacial score (nSPS) is 19.2. The van der Waals surface area contributed by atoms with Crippen LogP contribution >= 0.6 is 15.9 Å². The summed E-state index contributed by atoms with van der Waals surface area (Å²) in [7, 11) is 0. The summed E-state index contributed by atoms with van der Waals surface area (Å²) >= 11 is 3.40. The van der Waals surface area contributed by atoms with Gasteiger partial charge in [0.05, 0.1) is 0 Å². The van der Waals surface area contributed by atoms with E-state index in [0.717, 1.165) is 29.5 Å². The Morgan fingerprint density at radius 1 is 1.50 bits per heavy atom. The number of amides is 1. The standard InChI is InChI=1S/C12H14BrN5O2/c13-8-3-4-10-15-11(16-18(10)6-8)17-5-1-2-9(7-17)14-12(19)20/h3-4,6,9,14H,1-2,5,7H2,(H,19,20)/t9-/m1/s1. The molecule has 2 aromatic heterocycles. The summed E-state index contributed by atoms with van der Waals surface area (Å²) in [6, 6.07) is 3.73. The van der Waals surface area contributed by atoms with Gasteiger partial charge >= 0.3 is 6.09 Å². The molecule has 0 saturated carbocycles. The third-order valence-corrected chi connectivity index (χ3v) is 3.78. The molecule has 20 heavy (non-hydrogen) atoms. The zero-order valence-corrected chi connectivity index (χ0v) is 12.2. The summed E-state index contributed by atoms with van der Waals surface area (Å²) in [6.07, 6.45) is 2.64. The molecule has 2 aromatic rings. The van der Waals surface area contributed by atoms with Crippen LogP contribution in [0.5, 0.6) is 0 Å². The minimum Gasteiger partial charge on any atom is -0.465 e. The molecule has 1 fully saturated rings. The second-order valence-corrected chi connectivity index (χ2v) is 5.71. The van der Waals surface area contributed by atoms with Crippen molar-refractivity contribution < 1.29 is 9.90 Å². The lowest BCUT2D eigenvalue weighted by Gasteiger charge is -2.31. The first kappa shape index (κ1) is 13.2. The number of aromatic nitrogens is 3. The number of nitrogens with zero attached hydrogens (tertiary/aromatic N) is 4. The Labute approximate surface area is 123 Å². The van der Waals surface area contributed by atoms with Gasteiger partial charge in [0.15, 0.2) is 5.65 Å². The third kappa shape index (κ3) is 2.69. The van der Waals surface area contributed by atoms with Crippen LogP contribution in [-0.4, -0.2) is 44.9 Å². The highest BCUT2D eigenvalue weighted by Gasteiger charge is 2.23. The Balaban J connectivity index is 1.81. The van der Waals surface area contributed by atoms with Gasteiger partial charge in [0.2, 0.25) is 5.95 Å². The molecule has 2 N–H and O–H groups in total. The highest BCUT2D eigenvalue weighted by atomic mass is 79.9. The highest BCUT2D eigenvalue weighted by Crippen LogP contribution is 2.18. The number of rotatable bonds is 2. The zero-order chi connectivity index (χ0) is 14.1. The predicted molar refractivity (Wildman–Crippen MR) is 77.1 cm³/mol. The molecule has 0 aliphatic carbocycles. The summed E-state index contributed by atoms with van der Waals surface area (Å²) in [6.45, 7) is 1.44. The van der Waals surface area contributed by atoms with Crippen molar-refractivity contribution in [3.63, 3.8) is 0 Å². The predicted octanol–water partition coefficient (Wildman–Crippen LogP) is 1.73. The van der Waals surface area contributed by atoms with Gasteiger partial charge in [-0.1, -0.05) is 0 Å². The maximum Gasteiger partial charge on any atom is 0.404 e. The van der Waals surface area contributed by atoms with Crippen LogP contribution in [0.1, 0.15) is 12.8 Å². The van der Waals surface area contributed by atoms with Gasteiger partial charge in [-0.25, -0.2) is 9.31 Å². The molecule has 0 radical (unpaired) electrons. The molecule has 1 atom stereocenters. The van der Waals surface area contributed by atoms with E-state index >= 15 is 0 Å². The number of hydrogen-bond acceptors (Lipinski definition) is 4. The molecular weight excluding hydrogens is 326 g/mol. The molecule has 1 aliphatic heterocycles. The Morgan fingerprint density at radius 3 is 3.15 bits per heavy atom. The Hall–Kier alpha value is -1.83. The largest absolute Gasteiger partial charge is 0.465 e. The van der Waals surface area contributed by atoms with Crippen molar-refractivity contribution in [3.8, 4) is 0 Å². The lowest BCUT2D eigenvalue weighted by Crippen LogP contribution is -2.47. The van der Waals surface area contributed by atoms with Crippen LogP contribution in [0.15, 0.2) is 22.8 Å². The van der Waals surface area contributed by atoms with E-state index in [2.05, 4.69) is 31.3 Å². The number of hydrogen-bond donors (Lipinski definition) is 2. The van der Waals surface area contributed by atoms with Crippen molar-refractivity contribution in [3.05, 3.63) is 22.8 Å². The Morgan fingerprint density at radius 2 is 2.35 bits per heavy atom. The summed E-state index contributed by atoms with van der Waals surface area (Å²) in [5, 5.41) is 15.8. The molecule has 0 aromatic carbocycles. The number of pyridine rings is 1. The molecule has 106 valence electrons. The maximum absolute atomic E-state index is 10.7. The van der Waals surface area contributed by atoms with Gasteiger partial charge < -0.3 is 15.3 Å². The van der Waals surface area contributed by atoms with E-state index in [9.17, 15) is 4.79 Å². The quantitative estimate of drug-likeness (QED) is 0.870. The molecule has 1 aliphatic rings. The number of piperidine rings is 1. The van der Waals surface area contributed by atoms with Gasteiger partial charge in [-0.2, -0.15) is 4.98 Å². The lowest BCUT2D eigenvalue weighted by molar-refractivity contribution is 0.188. The van der Waals surface area contributed by atoms with Gasteiger partial charge in [0, 0.05) is 29.8 Å². The van der Waals surface area contributed by atoms with Gasteiger partial charge in [0.1, 0.15) is 0 Å². The topological polar surface area (TPSA) is 82.8 Å². The second kappa shape index (κ2) is 5.28. The molecule has 1 saturated heterocycles. The van der Waals surface area contributed by atoms with Crippen LogP contribution in [0.2, 0.25) is 0 Å². The molecular formula is C12H14BrN5O2. The summed E-state index contributed by atoms with van der Waals surface area (Å²) in [5.74, 6) is 0.639. The molecule has 7 nitrogen and oxygen atoms in total. The minimum absolute atomic E-state index is 0.0698. The number of nitrogens with one attached hydrogen (secondary N) is 1. The fourth-order valence-corrected chi connectivity index (χ4v) is 2.76. The molecule has 0 unspecified atom stereocenters. The molecule has 0 bridgehead atoms. The second-order valence-electron chi connectivity index (χ2n) is 4.80. The van der Waals surface area contributed by atoms with E-state index < -0.39 is 6.09 Å². The van der Waals surface area contributed by atoms with E-state index in [-0.39, 0.29) is 6.04 Å². The minimum atomic E-state index is -0.983. The molecule has 3 heterocycles. The average molecular weight is 340 g/mol. The number of halogens is 1. The Bertz CT molecular complexity index is 644. The van der Waals surface area contributed by atoms with Crippen molar-refractivity contribution in [2.24, 2.45) is 0 Å². The van der Waals surface area contributed by atoms with Crippen molar-refractivity contribution in [2.45, 2.75) is 18.9 Å². The number of anilines is 1. The number of fused-ring (bicyclic) bond motifs is 1. The van der Waals surface area contributed by atoms with Crippen molar-refractivity contribution in [1.82, 2.24) is 19.9 Å². The van der Waals surface area contributed by atoms with Gasteiger partial charge in [0.25, 0.3) is 0 Å². The maximum atomic E-state index is 10.7. The van der Waals surface area contributed by atoms with Crippen molar-refractivity contribution in [1.29, 1.82) is 0 Å². The third-order valence-electron chi connectivity index (χ3n) is 3.32. The van der Waals surface area contributed by atoms with E-state index in [1.807, 2.05) is 23.2 Å². The van der Waals surface area contributed by atoms with E-state index in [4.69, 9.17) is 5.11 Å². The van der Waals surface area contributed by atoms with Crippen molar-refractivity contribution >= 4 is 33.6 Å². The summed E-state index contributed by atoms with van der Waals surface area (Å²) in [5.41, 5.74) is 0.775. The van der Waals surface area contributed by atoms with Gasteiger partial charge in [-0.15, -0.1) is 5.10 Å². The monoisotopic (exact) mass is 339 g/mol.